The Morgan fingerprint density at radius 2 is 1.56 bits per heavy atom. The van der Waals surface area contributed by atoms with Crippen molar-refractivity contribution in [1.82, 2.24) is 0 Å². The maximum absolute atomic E-state index is 4.11. The molecule has 1 rings (SSSR count). The summed E-state index contributed by atoms with van der Waals surface area (Å²) in [7, 11) is 0. The minimum atomic E-state index is 0. The molecule has 0 bridgehead atoms. The summed E-state index contributed by atoms with van der Waals surface area (Å²) >= 11 is 7.42. The molecule has 44 valence electrons. The van der Waals surface area contributed by atoms with Crippen LogP contribution in [-0.2, 0) is 19.5 Å². The number of thiol groups is 1. The van der Waals surface area contributed by atoms with Gasteiger partial charge in [0.05, 0.1) is 0 Å². The van der Waals surface area contributed by atoms with E-state index in [0.717, 1.165) is 9.37 Å². The number of rotatable bonds is 0. The van der Waals surface area contributed by atoms with Gasteiger partial charge in [-0.2, -0.15) is 0 Å². The first kappa shape index (κ1) is 9.67. The van der Waals surface area contributed by atoms with Crippen molar-refractivity contribution in [2.24, 2.45) is 0 Å². The molecule has 0 aliphatic carbocycles. The summed E-state index contributed by atoms with van der Waals surface area (Å²) in [6, 6.07) is 7.80. The molecule has 1 aromatic carbocycles. The maximum Gasteiger partial charge on any atom is 0.0176 e. The maximum atomic E-state index is 4.11. The Kier molecular flexibility index (Phi) is 4.82. The largest absolute Gasteiger partial charge is 0.143 e. The van der Waals surface area contributed by atoms with Gasteiger partial charge >= 0.3 is 0 Å². The van der Waals surface area contributed by atoms with Crippen LogP contribution in [0.25, 0.3) is 0 Å². The molecular weight excluding hydrogens is 249 g/mol. The van der Waals surface area contributed by atoms with Crippen molar-refractivity contribution in [3.63, 3.8) is 0 Å². The molecule has 0 aliphatic rings. The third-order valence-electron chi connectivity index (χ3n) is 0.827. The first-order chi connectivity index (χ1) is 3.79. The average molecular weight is 254 g/mol. The van der Waals surface area contributed by atoms with E-state index in [-0.39, 0.29) is 19.5 Å². The van der Waals surface area contributed by atoms with E-state index in [9.17, 15) is 0 Å². The number of hydrogen-bond acceptors (Lipinski definition) is 1. The fourth-order valence-corrected chi connectivity index (χ4v) is 0.854. The van der Waals surface area contributed by atoms with Crippen molar-refractivity contribution >= 4 is 28.6 Å². The van der Waals surface area contributed by atoms with Gasteiger partial charge in [-0.3, -0.25) is 0 Å². The van der Waals surface area contributed by atoms with E-state index in [1.807, 2.05) is 24.3 Å². The van der Waals surface area contributed by atoms with Crippen molar-refractivity contribution < 1.29 is 19.5 Å². The van der Waals surface area contributed by atoms with E-state index in [1.54, 1.807) is 0 Å². The van der Waals surface area contributed by atoms with Gasteiger partial charge in [0.2, 0.25) is 0 Å². The topological polar surface area (TPSA) is 0 Å². The Labute approximate surface area is 81.3 Å². The molecule has 0 saturated heterocycles. The Balaban J connectivity index is 0.000000640. The Morgan fingerprint density at radius 3 is 1.89 bits per heavy atom. The molecule has 0 spiro atoms. The van der Waals surface area contributed by atoms with Gasteiger partial charge in [0.15, 0.2) is 0 Å². The quantitative estimate of drug-likeness (QED) is 0.534. The zero-order valence-corrected chi connectivity index (χ0v) is 10.3. The van der Waals surface area contributed by atoms with Crippen molar-refractivity contribution in [2.75, 3.05) is 0 Å². The van der Waals surface area contributed by atoms with Crippen LogP contribution in [0, 0.1) is 0 Å². The van der Waals surface area contributed by atoms with Crippen LogP contribution < -0.4 is 0 Å². The van der Waals surface area contributed by atoms with Crippen LogP contribution in [0.4, 0.5) is 0 Å². The minimum absolute atomic E-state index is 0. The van der Waals surface area contributed by atoms with E-state index in [2.05, 4.69) is 28.6 Å². The molecule has 9 heavy (non-hydrogen) atoms. The summed E-state index contributed by atoms with van der Waals surface area (Å²) in [6.07, 6.45) is 0. The monoisotopic (exact) mass is 252 g/mol. The molecule has 3 heteroatoms. The van der Waals surface area contributed by atoms with Gasteiger partial charge in [-0.05, 0) is 24.3 Å². The predicted octanol–water partition coefficient (Wildman–Crippen LogP) is 2.74. The van der Waals surface area contributed by atoms with E-state index < -0.39 is 0 Å². The van der Waals surface area contributed by atoms with Gasteiger partial charge in [0, 0.05) is 28.8 Å². The second-order valence-corrected chi connectivity index (χ2v) is 2.91. The second kappa shape index (κ2) is 4.48. The van der Waals surface area contributed by atoms with Gasteiger partial charge in [-0.25, -0.2) is 0 Å². The van der Waals surface area contributed by atoms with Gasteiger partial charge in [-0.15, -0.1) is 12.6 Å². The zero-order chi connectivity index (χ0) is 5.98. The van der Waals surface area contributed by atoms with Crippen molar-refractivity contribution in [3.8, 4) is 0 Å². The summed E-state index contributed by atoms with van der Waals surface area (Å²) in [4.78, 5) is 0.994. The molecule has 1 aromatic rings. The average Bonchev–Trinajstić information content (AvgIpc) is 1.77. The normalized spacial score (nSPS) is 8.22. The summed E-state index contributed by atoms with van der Waals surface area (Å²) in [5.41, 5.74) is 0. The van der Waals surface area contributed by atoms with Crippen LogP contribution in [0.2, 0.25) is 0 Å². The molecule has 0 fully saturated rings. The van der Waals surface area contributed by atoms with E-state index in [0.29, 0.717) is 0 Å². The van der Waals surface area contributed by atoms with E-state index in [4.69, 9.17) is 0 Å². The van der Waals surface area contributed by atoms with Crippen molar-refractivity contribution in [1.29, 1.82) is 0 Å². The molecule has 0 amide bonds. The molecule has 0 N–H and O–H groups in total. The Hall–Kier alpha value is 0.673. The van der Waals surface area contributed by atoms with Crippen molar-refractivity contribution in [3.05, 3.63) is 28.7 Å². The first-order valence-electron chi connectivity index (χ1n) is 2.23. The van der Waals surface area contributed by atoms with E-state index >= 15 is 0 Å². The summed E-state index contributed by atoms with van der Waals surface area (Å²) in [5.74, 6) is 0. The first-order valence-corrected chi connectivity index (χ1v) is 3.47. The SMILES string of the molecule is Sc1ccc(Br)cc1.[Zn]. The van der Waals surface area contributed by atoms with Crippen molar-refractivity contribution in [2.45, 2.75) is 4.90 Å². The van der Waals surface area contributed by atoms with Gasteiger partial charge in [-0.1, -0.05) is 15.9 Å². The third-order valence-corrected chi connectivity index (χ3v) is 1.65. The van der Waals surface area contributed by atoms with Gasteiger partial charge in [0.1, 0.15) is 0 Å². The van der Waals surface area contributed by atoms with Crippen LogP contribution in [0.1, 0.15) is 0 Å². The summed E-state index contributed by atoms with van der Waals surface area (Å²) in [5, 5.41) is 0. The van der Waals surface area contributed by atoms with Gasteiger partial charge < -0.3 is 0 Å². The van der Waals surface area contributed by atoms with Crippen LogP contribution in [0.3, 0.4) is 0 Å². The molecule has 0 aliphatic heterocycles. The smallest absolute Gasteiger partial charge is 0.0176 e. The predicted molar refractivity (Wildman–Crippen MR) is 41.4 cm³/mol. The number of benzene rings is 1. The molecule has 0 radical (unpaired) electrons. The van der Waals surface area contributed by atoms with E-state index in [1.165, 1.54) is 0 Å². The second-order valence-electron chi connectivity index (χ2n) is 1.48. The molecular formula is C6H5BrSZn. The third kappa shape index (κ3) is 3.39. The fourth-order valence-electron chi connectivity index (χ4n) is 0.441. The molecule has 0 nitrogen and oxygen atoms in total. The Bertz CT molecular complexity index is 152. The molecule has 0 unspecified atom stereocenters. The van der Waals surface area contributed by atoms with Crippen LogP contribution in [-0.4, -0.2) is 0 Å². The van der Waals surface area contributed by atoms with Gasteiger partial charge in [0.25, 0.3) is 0 Å². The summed E-state index contributed by atoms with van der Waals surface area (Å²) < 4.78 is 1.09. The molecule has 0 heterocycles. The minimum Gasteiger partial charge on any atom is -0.143 e. The number of hydrogen-bond donors (Lipinski definition) is 1. The van der Waals surface area contributed by atoms with Crippen LogP contribution >= 0.6 is 28.6 Å². The zero-order valence-electron chi connectivity index (χ0n) is 4.84. The fraction of sp³-hybridized carbons (Fsp3) is 0. The summed E-state index contributed by atoms with van der Waals surface area (Å²) in [6.45, 7) is 0. The molecule has 0 aromatic heterocycles. The standard InChI is InChI=1S/C6H5BrS.Zn/c7-5-1-3-6(8)4-2-5;/h1-4,8H;. The Morgan fingerprint density at radius 1 is 1.11 bits per heavy atom. The number of halogens is 1. The molecule has 0 atom stereocenters. The molecule has 0 saturated carbocycles. The van der Waals surface area contributed by atoms with Crippen LogP contribution in [0.15, 0.2) is 33.6 Å². The van der Waals surface area contributed by atoms with Crippen LogP contribution in [0.5, 0.6) is 0 Å².